The van der Waals surface area contributed by atoms with E-state index in [0.717, 1.165) is 37.7 Å². The van der Waals surface area contributed by atoms with Gasteiger partial charge in [0, 0.05) is 30.6 Å². The minimum Gasteiger partial charge on any atom is -0.470 e. The highest BCUT2D eigenvalue weighted by molar-refractivity contribution is 7.11. The van der Waals surface area contributed by atoms with E-state index in [0.29, 0.717) is 17.7 Å². The molecule has 0 radical (unpaired) electrons. The molecule has 0 saturated carbocycles. The lowest BCUT2D eigenvalue weighted by Gasteiger charge is -2.34. The number of anilines is 1. The number of pyridine rings is 1. The predicted molar refractivity (Wildman–Crippen MR) is 81.8 cm³/mol. The normalized spacial score (nSPS) is 18.9. The summed E-state index contributed by atoms with van der Waals surface area (Å²) in [4.78, 5) is 9.67. The smallest absolute Gasteiger partial charge is 0.433 e. The number of hydrogen-bond donors (Lipinski definition) is 0. The van der Waals surface area contributed by atoms with E-state index in [4.69, 9.17) is 4.74 Å². The summed E-state index contributed by atoms with van der Waals surface area (Å²) in [6, 6.07) is 2.52. The van der Waals surface area contributed by atoms with Crippen LogP contribution in [0.15, 0.2) is 29.9 Å². The highest BCUT2D eigenvalue weighted by Crippen LogP contribution is 2.29. The molecule has 8 heteroatoms. The number of rotatable bonds is 4. The van der Waals surface area contributed by atoms with Gasteiger partial charge in [0.1, 0.15) is 5.69 Å². The van der Waals surface area contributed by atoms with Crippen LogP contribution in [-0.2, 0) is 6.18 Å². The second-order valence-corrected chi connectivity index (χ2v) is 6.32. The second-order valence-electron chi connectivity index (χ2n) is 5.46. The Labute approximate surface area is 135 Å². The third-order valence-electron chi connectivity index (χ3n) is 3.77. The number of ether oxygens (including phenoxy) is 1. The summed E-state index contributed by atoms with van der Waals surface area (Å²) >= 11 is 1.45. The van der Waals surface area contributed by atoms with Crippen molar-refractivity contribution in [3.63, 3.8) is 0 Å². The molecular formula is C15H16F3N3OS. The number of hydrogen-bond acceptors (Lipinski definition) is 5. The van der Waals surface area contributed by atoms with E-state index in [-0.39, 0.29) is 0 Å². The Bertz CT molecular complexity index is 616. The summed E-state index contributed by atoms with van der Waals surface area (Å²) in [5, 5.41) is 2.51. The topological polar surface area (TPSA) is 38.2 Å². The van der Waals surface area contributed by atoms with Gasteiger partial charge in [-0.3, -0.25) is 0 Å². The fourth-order valence-corrected chi connectivity index (χ4v) is 3.14. The van der Waals surface area contributed by atoms with E-state index in [1.54, 1.807) is 6.20 Å². The molecule has 2 aromatic heterocycles. The van der Waals surface area contributed by atoms with Gasteiger partial charge in [-0.15, -0.1) is 0 Å². The zero-order valence-corrected chi connectivity index (χ0v) is 13.1. The van der Waals surface area contributed by atoms with Crippen LogP contribution in [0.25, 0.3) is 0 Å². The Morgan fingerprint density at radius 2 is 2.17 bits per heavy atom. The number of halogens is 3. The molecule has 0 amide bonds. The van der Waals surface area contributed by atoms with Crippen LogP contribution in [0.1, 0.15) is 18.5 Å². The van der Waals surface area contributed by atoms with Crippen LogP contribution in [0.5, 0.6) is 5.19 Å². The Balaban J connectivity index is 1.59. The summed E-state index contributed by atoms with van der Waals surface area (Å²) in [5.41, 5.74) is -0.140. The van der Waals surface area contributed by atoms with Crippen molar-refractivity contribution in [3.8, 4) is 5.19 Å². The third kappa shape index (κ3) is 4.13. The molecule has 0 aromatic carbocycles. The molecule has 0 N–H and O–H groups in total. The maximum Gasteiger partial charge on any atom is 0.433 e. The summed E-state index contributed by atoms with van der Waals surface area (Å²) in [6.45, 7) is 2.14. The van der Waals surface area contributed by atoms with Crippen LogP contribution >= 0.6 is 11.3 Å². The number of aromatic nitrogens is 2. The molecule has 3 rings (SSSR count). The molecular weight excluding hydrogens is 327 g/mol. The quantitative estimate of drug-likeness (QED) is 0.845. The summed E-state index contributed by atoms with van der Waals surface area (Å²) in [5.74, 6) is 0.329. The predicted octanol–water partition coefficient (Wildman–Crippen LogP) is 3.85. The van der Waals surface area contributed by atoms with Crippen molar-refractivity contribution in [2.24, 2.45) is 5.92 Å². The monoisotopic (exact) mass is 343 g/mol. The molecule has 0 spiro atoms. The lowest BCUT2D eigenvalue weighted by Crippen LogP contribution is -2.37. The number of alkyl halides is 3. The molecule has 1 atom stereocenters. The number of thiazole rings is 1. The summed E-state index contributed by atoms with van der Waals surface area (Å²) < 4.78 is 43.3. The molecule has 124 valence electrons. The molecule has 1 unspecified atom stereocenters. The van der Waals surface area contributed by atoms with E-state index >= 15 is 0 Å². The molecule has 3 heterocycles. The fourth-order valence-electron chi connectivity index (χ4n) is 2.65. The van der Waals surface area contributed by atoms with E-state index in [2.05, 4.69) is 14.9 Å². The molecule has 1 aliphatic rings. The zero-order chi connectivity index (χ0) is 16.3. The first kappa shape index (κ1) is 16.0. The first-order valence-electron chi connectivity index (χ1n) is 7.33. The van der Waals surface area contributed by atoms with Crippen LogP contribution in [0.2, 0.25) is 0 Å². The van der Waals surface area contributed by atoms with Gasteiger partial charge < -0.3 is 9.64 Å². The van der Waals surface area contributed by atoms with Crippen molar-refractivity contribution >= 4 is 17.0 Å². The first-order valence-corrected chi connectivity index (χ1v) is 8.21. The Hall–Kier alpha value is -1.83. The van der Waals surface area contributed by atoms with E-state index in [1.165, 1.54) is 23.6 Å². The molecule has 4 nitrogen and oxygen atoms in total. The first-order chi connectivity index (χ1) is 11.0. The van der Waals surface area contributed by atoms with E-state index < -0.39 is 11.9 Å². The van der Waals surface area contributed by atoms with Gasteiger partial charge in [-0.05, 0) is 25.0 Å². The van der Waals surface area contributed by atoms with Crippen LogP contribution in [0.3, 0.4) is 0 Å². The Morgan fingerprint density at radius 3 is 2.83 bits per heavy atom. The van der Waals surface area contributed by atoms with Crippen LogP contribution in [-0.4, -0.2) is 29.7 Å². The average molecular weight is 343 g/mol. The minimum atomic E-state index is -4.40. The van der Waals surface area contributed by atoms with Gasteiger partial charge in [-0.2, -0.15) is 13.2 Å². The standard InChI is InChI=1S/C15H16F3N3OS/c16-15(17,18)13-4-3-12(8-20-13)21-6-1-2-11(9-21)10-22-14-19-5-7-23-14/h3-5,7-8,11H,1-2,6,9-10H2. The van der Waals surface area contributed by atoms with Crippen LogP contribution in [0.4, 0.5) is 18.9 Å². The summed E-state index contributed by atoms with van der Waals surface area (Å²) in [7, 11) is 0. The summed E-state index contributed by atoms with van der Waals surface area (Å²) in [6.07, 6.45) is 0.612. The Morgan fingerprint density at radius 1 is 1.30 bits per heavy atom. The van der Waals surface area contributed by atoms with Crippen LogP contribution in [0, 0.1) is 5.92 Å². The molecule has 0 aliphatic carbocycles. The minimum absolute atomic E-state index is 0.329. The third-order valence-corrected chi connectivity index (χ3v) is 4.46. The number of nitrogens with zero attached hydrogens (tertiary/aromatic N) is 3. The Kier molecular flexibility index (Phi) is 4.70. The lowest BCUT2D eigenvalue weighted by molar-refractivity contribution is -0.141. The van der Waals surface area contributed by atoms with Gasteiger partial charge in [0.2, 0.25) is 0 Å². The largest absolute Gasteiger partial charge is 0.470 e. The second kappa shape index (κ2) is 6.74. The molecule has 1 aliphatic heterocycles. The molecule has 0 bridgehead atoms. The van der Waals surface area contributed by atoms with Gasteiger partial charge in [-0.25, -0.2) is 9.97 Å². The van der Waals surface area contributed by atoms with Gasteiger partial charge in [0.15, 0.2) is 0 Å². The maximum atomic E-state index is 12.6. The van der Waals surface area contributed by atoms with Crippen molar-refractivity contribution in [2.45, 2.75) is 19.0 Å². The van der Waals surface area contributed by atoms with Gasteiger partial charge in [0.25, 0.3) is 5.19 Å². The van der Waals surface area contributed by atoms with Crippen LogP contribution < -0.4 is 9.64 Å². The van der Waals surface area contributed by atoms with E-state index in [9.17, 15) is 13.2 Å². The zero-order valence-electron chi connectivity index (χ0n) is 12.3. The van der Waals surface area contributed by atoms with E-state index in [1.807, 2.05) is 5.38 Å². The molecule has 23 heavy (non-hydrogen) atoms. The lowest BCUT2D eigenvalue weighted by atomic mass is 9.98. The SMILES string of the molecule is FC(F)(F)c1ccc(N2CCCC(COc3nccs3)C2)cn1. The molecule has 1 fully saturated rings. The van der Waals surface area contributed by atoms with Crippen molar-refractivity contribution in [1.82, 2.24) is 9.97 Å². The van der Waals surface area contributed by atoms with Gasteiger partial charge >= 0.3 is 6.18 Å². The van der Waals surface area contributed by atoms with Crippen molar-refractivity contribution in [2.75, 3.05) is 24.6 Å². The van der Waals surface area contributed by atoms with Crippen molar-refractivity contribution < 1.29 is 17.9 Å². The molecule has 1 saturated heterocycles. The average Bonchev–Trinajstić information content (AvgIpc) is 3.06. The van der Waals surface area contributed by atoms with Gasteiger partial charge in [0.05, 0.1) is 18.5 Å². The van der Waals surface area contributed by atoms with Crippen molar-refractivity contribution in [3.05, 3.63) is 35.6 Å². The maximum absolute atomic E-state index is 12.6. The highest BCUT2D eigenvalue weighted by atomic mass is 32.1. The highest BCUT2D eigenvalue weighted by Gasteiger charge is 2.32. The fraction of sp³-hybridized carbons (Fsp3) is 0.467. The van der Waals surface area contributed by atoms with Gasteiger partial charge in [-0.1, -0.05) is 11.3 Å². The van der Waals surface area contributed by atoms with Crippen molar-refractivity contribution in [1.29, 1.82) is 0 Å². The number of piperidine rings is 1. The molecule has 2 aromatic rings.